The maximum atomic E-state index is 10.7. The second-order valence-electron chi connectivity index (χ2n) is 6.06. The molecule has 0 fully saturated rings. The van der Waals surface area contributed by atoms with E-state index in [0.29, 0.717) is 12.8 Å². The molecule has 0 aliphatic carbocycles. The van der Waals surface area contributed by atoms with Crippen LogP contribution in [0.4, 0.5) is 0 Å². The molecule has 0 saturated heterocycles. The molecule has 1 aromatic heterocycles. The second kappa shape index (κ2) is 10.4. The third-order valence-corrected chi connectivity index (χ3v) is 7.86. The van der Waals surface area contributed by atoms with Crippen LogP contribution in [0.3, 0.4) is 0 Å². The van der Waals surface area contributed by atoms with Gasteiger partial charge in [-0.05, 0) is 25.7 Å². The minimum absolute atomic E-state index is 0.183. The van der Waals surface area contributed by atoms with Crippen LogP contribution in [-0.4, -0.2) is 53.4 Å². The first-order valence-corrected chi connectivity index (χ1v) is 12.0. The number of rotatable bonds is 13. The Morgan fingerprint density at radius 3 is 2.32 bits per heavy atom. The number of hydrogen-bond donors (Lipinski definition) is 1. The molecule has 0 spiro atoms. The predicted molar refractivity (Wildman–Crippen MR) is 95.8 cm³/mol. The molecule has 0 amide bonds. The van der Waals surface area contributed by atoms with Crippen molar-refractivity contribution in [2.75, 3.05) is 27.1 Å². The molecular weight excluding hydrogens is 364 g/mol. The molecule has 8 nitrogen and oxygen atoms in total. The second-order valence-corrected chi connectivity index (χ2v) is 10.7. The minimum atomic E-state index is -3.86. The van der Waals surface area contributed by atoms with Crippen molar-refractivity contribution in [3.8, 4) is 0 Å². The Balaban J connectivity index is 2.38. The van der Waals surface area contributed by atoms with Crippen molar-refractivity contribution in [2.45, 2.75) is 51.7 Å². The van der Waals surface area contributed by atoms with E-state index in [1.54, 1.807) is 21.3 Å². The summed E-state index contributed by atoms with van der Waals surface area (Å²) in [4.78, 5) is 0. The van der Waals surface area contributed by atoms with Crippen molar-refractivity contribution in [1.82, 2.24) is 4.57 Å². The smallest absolute Gasteiger partial charge is 0.377 e. The van der Waals surface area contributed by atoms with E-state index in [-0.39, 0.29) is 5.75 Å². The van der Waals surface area contributed by atoms with Crippen LogP contribution in [0, 0.1) is 6.92 Å². The van der Waals surface area contributed by atoms with Crippen LogP contribution in [-0.2, 0) is 36.5 Å². The lowest BCUT2D eigenvalue weighted by atomic mass is 10.3. The summed E-state index contributed by atoms with van der Waals surface area (Å²) < 4.78 is 50.6. The molecule has 0 unspecified atom stereocenters. The number of nitrogens with zero attached hydrogens (tertiary/aromatic N) is 2. The zero-order valence-electron chi connectivity index (χ0n) is 15.6. The Bertz CT molecular complexity index is 607. The lowest BCUT2D eigenvalue weighted by Crippen LogP contribution is -2.42. The molecule has 0 saturated carbocycles. The first-order chi connectivity index (χ1) is 11.7. The highest BCUT2D eigenvalue weighted by atomic mass is 32.2. The highest BCUT2D eigenvalue weighted by molar-refractivity contribution is 7.85. The molecule has 1 heterocycles. The summed E-state index contributed by atoms with van der Waals surface area (Å²) in [7, 11) is -1.47. The molecule has 25 heavy (non-hydrogen) atoms. The standard InChI is InChI=1S/C15H30N2O6SSi/c1-15-13-16(9-6-8-12-25(21-2,22-3)23-4)14-17(15)10-5-7-11-24(18,19)20/h13-14H,5-12H2,1-4H3/p+1. The maximum absolute atomic E-state index is 10.7. The van der Waals surface area contributed by atoms with Crippen LogP contribution in [0.2, 0.25) is 6.04 Å². The monoisotopic (exact) mass is 395 g/mol. The molecule has 10 heteroatoms. The number of imidazole rings is 1. The number of unbranched alkanes of at least 4 members (excludes halogenated alkanes) is 2. The van der Waals surface area contributed by atoms with Gasteiger partial charge in [0.1, 0.15) is 11.9 Å². The van der Waals surface area contributed by atoms with Gasteiger partial charge in [-0.1, -0.05) is 0 Å². The fourth-order valence-electron chi connectivity index (χ4n) is 2.73. The molecule has 0 aliphatic rings. The van der Waals surface area contributed by atoms with E-state index in [2.05, 4.69) is 15.3 Å². The third kappa shape index (κ3) is 7.97. The van der Waals surface area contributed by atoms with E-state index >= 15 is 0 Å². The van der Waals surface area contributed by atoms with Gasteiger partial charge < -0.3 is 13.3 Å². The number of aryl methyl sites for hydroxylation is 3. The van der Waals surface area contributed by atoms with Gasteiger partial charge in [-0.25, -0.2) is 9.13 Å². The van der Waals surface area contributed by atoms with Crippen molar-refractivity contribution in [3.05, 3.63) is 18.2 Å². The summed E-state index contributed by atoms with van der Waals surface area (Å²) >= 11 is 0. The highest BCUT2D eigenvalue weighted by Gasteiger charge is 2.36. The largest absolute Gasteiger partial charge is 0.500 e. The first kappa shape index (κ1) is 22.3. The van der Waals surface area contributed by atoms with Crippen LogP contribution in [0.15, 0.2) is 12.5 Å². The van der Waals surface area contributed by atoms with Gasteiger partial charge in [0, 0.05) is 34.3 Å². The Morgan fingerprint density at radius 2 is 1.76 bits per heavy atom. The Morgan fingerprint density at radius 1 is 1.12 bits per heavy atom. The minimum Gasteiger partial charge on any atom is -0.377 e. The highest BCUT2D eigenvalue weighted by Crippen LogP contribution is 2.16. The summed E-state index contributed by atoms with van der Waals surface area (Å²) in [6, 6.07) is 0.784. The zero-order valence-corrected chi connectivity index (χ0v) is 17.4. The Hall–Kier alpha value is -0.783. The van der Waals surface area contributed by atoms with Crippen molar-refractivity contribution >= 4 is 18.9 Å². The molecule has 0 aliphatic heterocycles. The molecular formula is C15H31N2O6SSi+. The number of aromatic nitrogens is 2. The van der Waals surface area contributed by atoms with Crippen LogP contribution in [0.1, 0.15) is 31.4 Å². The van der Waals surface area contributed by atoms with Gasteiger partial charge >= 0.3 is 8.80 Å². The van der Waals surface area contributed by atoms with Crippen LogP contribution < -0.4 is 4.57 Å². The number of hydrogen-bond acceptors (Lipinski definition) is 5. The van der Waals surface area contributed by atoms with Crippen LogP contribution in [0.5, 0.6) is 0 Å². The fraction of sp³-hybridized carbons (Fsp3) is 0.800. The van der Waals surface area contributed by atoms with E-state index < -0.39 is 18.9 Å². The third-order valence-electron chi connectivity index (χ3n) is 4.23. The summed E-state index contributed by atoms with van der Waals surface area (Å²) in [5.74, 6) is -0.183. The van der Waals surface area contributed by atoms with Crippen molar-refractivity contribution in [2.24, 2.45) is 0 Å². The Kier molecular flexibility index (Phi) is 9.25. The summed E-state index contributed by atoms with van der Waals surface area (Å²) in [5, 5.41) is 0. The molecule has 1 aromatic rings. The maximum Gasteiger partial charge on any atom is 0.500 e. The van der Waals surface area contributed by atoms with Crippen LogP contribution >= 0.6 is 0 Å². The summed E-state index contributed by atoms with van der Waals surface area (Å²) in [5.41, 5.74) is 1.13. The molecule has 0 radical (unpaired) electrons. The van der Waals surface area contributed by atoms with E-state index in [9.17, 15) is 8.42 Å². The van der Waals surface area contributed by atoms with Crippen LogP contribution in [0.25, 0.3) is 0 Å². The first-order valence-electron chi connectivity index (χ1n) is 8.41. The quantitative estimate of drug-likeness (QED) is 0.235. The van der Waals surface area contributed by atoms with Gasteiger partial charge in [0.2, 0.25) is 6.33 Å². The summed E-state index contributed by atoms with van der Waals surface area (Å²) in [6.45, 7) is 3.65. The SMILES string of the molecule is CO[Si](CCCC[n+]1cc(C)n(CCCCS(=O)(=O)O)c1)(OC)OC. The molecule has 0 atom stereocenters. The van der Waals surface area contributed by atoms with Crippen molar-refractivity contribution in [1.29, 1.82) is 0 Å². The summed E-state index contributed by atoms with van der Waals surface area (Å²) in [6.07, 6.45) is 7.22. The molecule has 1 N–H and O–H groups in total. The van der Waals surface area contributed by atoms with Gasteiger partial charge in [-0.2, -0.15) is 8.42 Å². The van der Waals surface area contributed by atoms with Crippen molar-refractivity contribution < 1.29 is 30.8 Å². The lowest BCUT2D eigenvalue weighted by Gasteiger charge is -2.23. The van der Waals surface area contributed by atoms with E-state index in [1.807, 2.05) is 13.3 Å². The van der Waals surface area contributed by atoms with E-state index in [1.165, 1.54) is 0 Å². The van der Waals surface area contributed by atoms with Gasteiger partial charge in [0.25, 0.3) is 10.1 Å². The van der Waals surface area contributed by atoms with Gasteiger partial charge in [0.15, 0.2) is 0 Å². The predicted octanol–water partition coefficient (Wildman–Crippen LogP) is 1.41. The van der Waals surface area contributed by atoms with Gasteiger partial charge in [0.05, 0.1) is 18.8 Å². The average Bonchev–Trinajstić information content (AvgIpc) is 2.91. The van der Waals surface area contributed by atoms with Gasteiger partial charge in [-0.15, -0.1) is 0 Å². The molecule has 0 aromatic carbocycles. The van der Waals surface area contributed by atoms with E-state index in [0.717, 1.165) is 37.7 Å². The molecule has 0 bridgehead atoms. The molecule has 1 rings (SSSR count). The Labute approximate surface area is 151 Å². The lowest BCUT2D eigenvalue weighted by molar-refractivity contribution is -0.697. The molecule has 146 valence electrons. The average molecular weight is 396 g/mol. The zero-order chi connectivity index (χ0) is 18.9. The van der Waals surface area contributed by atoms with Gasteiger partial charge in [-0.3, -0.25) is 4.55 Å². The van der Waals surface area contributed by atoms with E-state index in [4.69, 9.17) is 17.8 Å². The fourth-order valence-corrected chi connectivity index (χ4v) is 5.10. The van der Waals surface area contributed by atoms with Crippen molar-refractivity contribution in [3.63, 3.8) is 0 Å². The normalized spacial score (nSPS) is 12.7. The topological polar surface area (TPSA) is 90.9 Å².